The van der Waals surface area contributed by atoms with Crippen LogP contribution in [0.2, 0.25) is 0 Å². The fraction of sp³-hybridized carbons (Fsp3) is 0.269. The molecule has 1 unspecified atom stereocenters. The van der Waals surface area contributed by atoms with Crippen LogP contribution in [0.4, 0.5) is 0 Å². The van der Waals surface area contributed by atoms with Crippen LogP contribution in [0.5, 0.6) is 0 Å². The van der Waals surface area contributed by atoms with Crippen molar-refractivity contribution in [2.45, 2.75) is 18.6 Å². The summed E-state index contributed by atoms with van der Waals surface area (Å²) in [5.74, 6) is -0.347. The number of nitriles is 1. The number of nitrogens with zero attached hydrogens (tertiary/aromatic N) is 4. The predicted molar refractivity (Wildman–Crippen MR) is 121 cm³/mol. The van der Waals surface area contributed by atoms with Gasteiger partial charge in [0.25, 0.3) is 5.91 Å². The Morgan fingerprint density at radius 3 is 2.03 bits per heavy atom. The Morgan fingerprint density at radius 1 is 0.969 bits per heavy atom. The number of carbonyl (C=O) groups is 1. The van der Waals surface area contributed by atoms with Crippen LogP contribution in [0.3, 0.4) is 0 Å². The van der Waals surface area contributed by atoms with E-state index in [1.165, 1.54) is 0 Å². The molecule has 1 atom stereocenters. The van der Waals surface area contributed by atoms with Crippen molar-refractivity contribution in [2.24, 2.45) is 0 Å². The van der Waals surface area contributed by atoms with Crippen LogP contribution in [0.1, 0.15) is 28.4 Å². The molecule has 0 spiro atoms. The second-order valence-corrected chi connectivity index (χ2v) is 7.98. The van der Waals surface area contributed by atoms with Crippen molar-refractivity contribution in [3.63, 3.8) is 0 Å². The van der Waals surface area contributed by atoms with E-state index in [2.05, 4.69) is 16.0 Å². The maximum atomic E-state index is 13.7. The first-order valence-corrected chi connectivity index (χ1v) is 10.7. The average Bonchev–Trinajstić information content (AvgIpc) is 2.86. The van der Waals surface area contributed by atoms with Gasteiger partial charge in [-0.1, -0.05) is 66.7 Å². The number of pyridine rings is 1. The van der Waals surface area contributed by atoms with Crippen LogP contribution in [0.25, 0.3) is 0 Å². The number of amides is 1. The largest absolute Gasteiger partial charge is 0.372 e. The first-order chi connectivity index (χ1) is 15.6. The first kappa shape index (κ1) is 21.7. The Bertz CT molecular complexity index is 1060. The standard InChI is InChI=1S/C26H26N4O2/c1-20-23(13-8-14-28-20)24(19-27)29-15-17-30(18-16-29)25(31)26(32,21-9-4-2-5-10-21)22-11-6-3-7-12-22/h2-14,24,32H,15-18H2,1H3. The molecule has 6 heteroatoms. The van der Waals surface area contributed by atoms with E-state index >= 15 is 0 Å². The van der Waals surface area contributed by atoms with E-state index in [0.29, 0.717) is 37.3 Å². The van der Waals surface area contributed by atoms with Crippen molar-refractivity contribution in [1.82, 2.24) is 14.8 Å². The van der Waals surface area contributed by atoms with Gasteiger partial charge in [0, 0.05) is 43.6 Å². The maximum absolute atomic E-state index is 13.7. The minimum absolute atomic E-state index is 0.347. The predicted octanol–water partition coefficient (Wildman–Crippen LogP) is 3.04. The molecule has 0 aliphatic carbocycles. The van der Waals surface area contributed by atoms with Crippen LogP contribution < -0.4 is 0 Å². The molecule has 1 aromatic heterocycles. The summed E-state index contributed by atoms with van der Waals surface area (Å²) in [6.45, 7) is 3.84. The van der Waals surface area contributed by atoms with Gasteiger partial charge in [-0.2, -0.15) is 5.26 Å². The molecule has 2 aromatic carbocycles. The maximum Gasteiger partial charge on any atom is 0.264 e. The molecule has 1 aliphatic rings. The molecule has 162 valence electrons. The Hall–Kier alpha value is -3.53. The van der Waals surface area contributed by atoms with E-state index in [-0.39, 0.29) is 5.91 Å². The highest BCUT2D eigenvalue weighted by Crippen LogP contribution is 2.33. The molecule has 0 bridgehead atoms. The molecule has 1 saturated heterocycles. The van der Waals surface area contributed by atoms with Gasteiger partial charge >= 0.3 is 0 Å². The molecule has 1 fully saturated rings. The SMILES string of the molecule is Cc1ncccc1C(C#N)N1CCN(C(=O)C(O)(c2ccccc2)c2ccccc2)CC1. The summed E-state index contributed by atoms with van der Waals surface area (Å²) >= 11 is 0. The van der Waals surface area contributed by atoms with Crippen LogP contribution in [0.15, 0.2) is 79.0 Å². The molecule has 3 aromatic rings. The number of aryl methyl sites for hydroxylation is 1. The molecule has 32 heavy (non-hydrogen) atoms. The smallest absolute Gasteiger partial charge is 0.264 e. The van der Waals surface area contributed by atoms with Crippen molar-refractivity contribution in [3.05, 3.63) is 101 Å². The molecular formula is C26H26N4O2. The van der Waals surface area contributed by atoms with Crippen LogP contribution in [-0.4, -0.2) is 52.0 Å². The summed E-state index contributed by atoms with van der Waals surface area (Å²) in [4.78, 5) is 21.7. The normalized spacial score (nSPS) is 15.7. The lowest BCUT2D eigenvalue weighted by Gasteiger charge is -2.40. The number of hydrogen-bond donors (Lipinski definition) is 1. The Labute approximate surface area is 188 Å². The van der Waals surface area contributed by atoms with Gasteiger partial charge in [-0.05, 0) is 24.1 Å². The quantitative estimate of drug-likeness (QED) is 0.678. The molecule has 0 saturated carbocycles. The summed E-state index contributed by atoms with van der Waals surface area (Å²) in [6, 6.07) is 23.9. The third kappa shape index (κ3) is 4.01. The van der Waals surface area contributed by atoms with Crippen LogP contribution in [0, 0.1) is 18.3 Å². The molecule has 0 radical (unpaired) electrons. The number of piperazine rings is 1. The second-order valence-electron chi connectivity index (χ2n) is 7.98. The first-order valence-electron chi connectivity index (χ1n) is 10.7. The van der Waals surface area contributed by atoms with Gasteiger partial charge in [0.05, 0.1) is 6.07 Å². The van der Waals surface area contributed by atoms with Crippen LogP contribution >= 0.6 is 0 Å². The van der Waals surface area contributed by atoms with Crippen molar-refractivity contribution < 1.29 is 9.90 Å². The number of rotatable bonds is 5. The van der Waals surface area contributed by atoms with Gasteiger partial charge in [0.1, 0.15) is 6.04 Å². The van der Waals surface area contributed by atoms with E-state index in [9.17, 15) is 15.2 Å². The Kier molecular flexibility index (Phi) is 6.31. The van der Waals surface area contributed by atoms with E-state index in [1.54, 1.807) is 35.4 Å². The zero-order valence-electron chi connectivity index (χ0n) is 18.1. The molecule has 1 amide bonds. The molecule has 2 heterocycles. The third-order valence-electron chi connectivity index (χ3n) is 6.12. The highest BCUT2D eigenvalue weighted by molar-refractivity contribution is 5.90. The second kappa shape index (κ2) is 9.31. The lowest BCUT2D eigenvalue weighted by atomic mass is 9.84. The van der Waals surface area contributed by atoms with Gasteiger partial charge in [-0.3, -0.25) is 14.7 Å². The molecule has 4 rings (SSSR count). The molecular weight excluding hydrogens is 400 g/mol. The van der Waals surface area contributed by atoms with Gasteiger partial charge < -0.3 is 10.0 Å². The summed E-state index contributed by atoms with van der Waals surface area (Å²) < 4.78 is 0. The summed E-state index contributed by atoms with van der Waals surface area (Å²) in [6.07, 6.45) is 1.72. The highest BCUT2D eigenvalue weighted by atomic mass is 16.3. The van der Waals surface area contributed by atoms with Crippen molar-refractivity contribution in [3.8, 4) is 6.07 Å². The fourth-order valence-corrected chi connectivity index (χ4v) is 4.32. The van der Waals surface area contributed by atoms with Crippen molar-refractivity contribution >= 4 is 5.91 Å². The minimum atomic E-state index is -1.76. The third-order valence-corrected chi connectivity index (χ3v) is 6.12. The summed E-state index contributed by atoms with van der Waals surface area (Å²) in [5.41, 5.74) is 1.04. The molecule has 6 nitrogen and oxygen atoms in total. The zero-order valence-corrected chi connectivity index (χ0v) is 18.1. The van der Waals surface area contributed by atoms with Crippen molar-refractivity contribution in [1.29, 1.82) is 5.26 Å². The van der Waals surface area contributed by atoms with Crippen molar-refractivity contribution in [2.75, 3.05) is 26.2 Å². The van der Waals surface area contributed by atoms with E-state index in [0.717, 1.165) is 11.3 Å². The summed E-state index contributed by atoms with van der Waals surface area (Å²) in [5, 5.41) is 21.6. The monoisotopic (exact) mass is 426 g/mol. The lowest BCUT2D eigenvalue weighted by Crippen LogP contribution is -2.55. The molecule has 1 N–H and O–H groups in total. The number of aliphatic hydroxyl groups is 1. The highest BCUT2D eigenvalue weighted by Gasteiger charge is 2.43. The Balaban J connectivity index is 1.56. The average molecular weight is 427 g/mol. The summed E-state index contributed by atoms with van der Waals surface area (Å²) in [7, 11) is 0. The van der Waals surface area contributed by atoms with E-state index in [1.807, 2.05) is 55.5 Å². The van der Waals surface area contributed by atoms with Gasteiger partial charge in [0.15, 0.2) is 5.60 Å². The fourth-order valence-electron chi connectivity index (χ4n) is 4.32. The van der Waals surface area contributed by atoms with E-state index in [4.69, 9.17) is 0 Å². The van der Waals surface area contributed by atoms with Gasteiger partial charge in [0.2, 0.25) is 0 Å². The zero-order chi connectivity index (χ0) is 22.6. The number of benzene rings is 2. The van der Waals surface area contributed by atoms with E-state index < -0.39 is 11.6 Å². The lowest BCUT2D eigenvalue weighted by molar-refractivity contribution is -0.150. The van der Waals surface area contributed by atoms with Gasteiger partial charge in [-0.25, -0.2) is 0 Å². The number of hydrogen-bond acceptors (Lipinski definition) is 5. The number of aromatic nitrogens is 1. The Morgan fingerprint density at radius 2 is 1.53 bits per heavy atom. The van der Waals surface area contributed by atoms with Crippen LogP contribution in [-0.2, 0) is 10.4 Å². The van der Waals surface area contributed by atoms with Gasteiger partial charge in [-0.15, -0.1) is 0 Å². The minimum Gasteiger partial charge on any atom is -0.372 e. The topological polar surface area (TPSA) is 80.5 Å². The molecule has 1 aliphatic heterocycles. The number of carbonyl (C=O) groups excluding carboxylic acids is 1.